The first-order chi connectivity index (χ1) is 17.4. The van der Waals surface area contributed by atoms with E-state index in [1.807, 2.05) is 51.1 Å². The number of pyridine rings is 1. The third-order valence-corrected chi connectivity index (χ3v) is 5.07. The number of rotatable bonds is 11. The van der Waals surface area contributed by atoms with E-state index in [1.165, 1.54) is 0 Å². The van der Waals surface area contributed by atoms with E-state index in [1.54, 1.807) is 31.5 Å². The van der Waals surface area contributed by atoms with Crippen molar-refractivity contribution in [3.8, 4) is 17.6 Å². The lowest BCUT2D eigenvalue weighted by Crippen LogP contribution is -2.20. The number of methoxy groups -OCH3 is 1. The van der Waals surface area contributed by atoms with E-state index in [0.717, 1.165) is 28.1 Å². The van der Waals surface area contributed by atoms with Crippen molar-refractivity contribution in [3.05, 3.63) is 76.5 Å². The Hall–Kier alpha value is -4.42. The third-order valence-electron chi connectivity index (χ3n) is 5.07. The van der Waals surface area contributed by atoms with Crippen LogP contribution in [-0.2, 0) is 16.1 Å². The zero-order chi connectivity index (χ0) is 25.9. The number of hydrogen-bond donors (Lipinski definition) is 2. The number of para-hydroxylation sites is 1. The Morgan fingerprint density at radius 2 is 1.94 bits per heavy atom. The molecule has 0 aliphatic heterocycles. The summed E-state index contributed by atoms with van der Waals surface area (Å²) in [7, 11) is 1.57. The van der Waals surface area contributed by atoms with Crippen LogP contribution in [0.25, 0.3) is 0 Å². The lowest BCUT2D eigenvalue weighted by Gasteiger charge is -2.13. The molecule has 2 aromatic carbocycles. The van der Waals surface area contributed by atoms with Crippen LogP contribution in [0.1, 0.15) is 34.9 Å². The van der Waals surface area contributed by atoms with Gasteiger partial charge in [0.25, 0.3) is 5.91 Å². The van der Waals surface area contributed by atoms with Crippen molar-refractivity contribution in [3.63, 3.8) is 0 Å². The fourth-order valence-corrected chi connectivity index (χ4v) is 3.42. The first-order valence-electron chi connectivity index (χ1n) is 11.4. The summed E-state index contributed by atoms with van der Waals surface area (Å²) in [5.74, 6) is 1.01. The number of nitrogens with one attached hydrogen (secondary N) is 2. The SMILES string of the molecule is CCOc1cc(/C=N/Nc2nc(C)cc(COC)c2C#N)ccc1OCC(=O)Nc1ccccc1C. The van der Waals surface area contributed by atoms with Crippen LogP contribution in [0.3, 0.4) is 0 Å². The summed E-state index contributed by atoms with van der Waals surface area (Å²) in [6.45, 7) is 6.18. The van der Waals surface area contributed by atoms with Crippen molar-refractivity contribution in [2.75, 3.05) is 31.1 Å². The molecule has 0 aliphatic rings. The third kappa shape index (κ3) is 7.04. The van der Waals surface area contributed by atoms with Gasteiger partial charge < -0.3 is 19.5 Å². The average Bonchev–Trinajstić information content (AvgIpc) is 2.85. The van der Waals surface area contributed by atoms with Gasteiger partial charge in [0.15, 0.2) is 23.9 Å². The Labute approximate surface area is 210 Å². The molecule has 1 amide bonds. The van der Waals surface area contributed by atoms with Gasteiger partial charge in [0.2, 0.25) is 0 Å². The highest BCUT2D eigenvalue weighted by molar-refractivity contribution is 5.92. The van der Waals surface area contributed by atoms with E-state index in [4.69, 9.17) is 14.2 Å². The highest BCUT2D eigenvalue weighted by Crippen LogP contribution is 2.28. The molecule has 0 saturated carbocycles. The molecule has 9 nitrogen and oxygen atoms in total. The minimum atomic E-state index is -0.270. The zero-order valence-electron chi connectivity index (χ0n) is 20.8. The number of anilines is 2. The monoisotopic (exact) mass is 487 g/mol. The number of amides is 1. The van der Waals surface area contributed by atoms with Crippen LogP contribution in [-0.4, -0.2) is 37.4 Å². The van der Waals surface area contributed by atoms with E-state index >= 15 is 0 Å². The maximum Gasteiger partial charge on any atom is 0.262 e. The predicted molar refractivity (Wildman–Crippen MR) is 139 cm³/mol. The first-order valence-corrected chi connectivity index (χ1v) is 11.4. The Bertz CT molecular complexity index is 1280. The number of ether oxygens (including phenoxy) is 3. The van der Waals surface area contributed by atoms with Gasteiger partial charge in [0.05, 0.1) is 19.4 Å². The molecule has 0 bridgehead atoms. The number of carbonyl (C=O) groups is 1. The molecule has 3 aromatic rings. The van der Waals surface area contributed by atoms with Gasteiger partial charge in [-0.25, -0.2) is 4.98 Å². The van der Waals surface area contributed by atoms with Gasteiger partial charge >= 0.3 is 0 Å². The second kappa shape index (κ2) is 12.9. The topological polar surface area (TPSA) is 118 Å². The molecule has 186 valence electrons. The van der Waals surface area contributed by atoms with Crippen LogP contribution in [0.5, 0.6) is 11.5 Å². The summed E-state index contributed by atoms with van der Waals surface area (Å²) >= 11 is 0. The van der Waals surface area contributed by atoms with Crippen molar-refractivity contribution >= 4 is 23.6 Å². The van der Waals surface area contributed by atoms with Gasteiger partial charge in [-0.15, -0.1) is 0 Å². The Morgan fingerprint density at radius 3 is 2.67 bits per heavy atom. The first kappa shape index (κ1) is 26.2. The summed E-state index contributed by atoms with van der Waals surface area (Å²) in [6, 6.07) is 16.8. The number of nitrogens with zero attached hydrogens (tertiary/aromatic N) is 3. The molecule has 0 atom stereocenters. The summed E-state index contributed by atoms with van der Waals surface area (Å²) in [5, 5.41) is 16.6. The molecule has 2 N–H and O–H groups in total. The van der Waals surface area contributed by atoms with E-state index in [-0.39, 0.29) is 12.5 Å². The number of aryl methyl sites for hydroxylation is 2. The smallest absolute Gasteiger partial charge is 0.262 e. The van der Waals surface area contributed by atoms with Crippen molar-refractivity contribution < 1.29 is 19.0 Å². The van der Waals surface area contributed by atoms with Crippen LogP contribution in [0, 0.1) is 25.2 Å². The number of nitriles is 1. The van der Waals surface area contributed by atoms with Crippen LogP contribution < -0.4 is 20.2 Å². The number of carbonyl (C=O) groups excluding carboxylic acids is 1. The Kier molecular flexibility index (Phi) is 9.37. The molecule has 36 heavy (non-hydrogen) atoms. The molecule has 3 rings (SSSR count). The van der Waals surface area contributed by atoms with E-state index in [0.29, 0.717) is 36.1 Å². The summed E-state index contributed by atoms with van der Waals surface area (Å²) in [6.07, 6.45) is 1.58. The largest absolute Gasteiger partial charge is 0.490 e. The van der Waals surface area contributed by atoms with Crippen LogP contribution in [0.4, 0.5) is 11.5 Å². The number of benzene rings is 2. The van der Waals surface area contributed by atoms with Gasteiger partial charge in [-0.1, -0.05) is 18.2 Å². The standard InChI is InChI=1S/C27H29N5O4/c1-5-35-25-13-20(15-29-32-27-22(14-28)21(16-34-4)12-19(3)30-27)10-11-24(25)36-17-26(33)31-23-9-7-6-8-18(23)2/h6-13,15H,5,16-17H2,1-4H3,(H,30,32)(H,31,33)/b29-15+. The quantitative estimate of drug-likeness (QED) is 0.300. The van der Waals surface area contributed by atoms with Crippen molar-refractivity contribution in [1.82, 2.24) is 4.98 Å². The van der Waals surface area contributed by atoms with Gasteiger partial charge in [-0.2, -0.15) is 10.4 Å². The van der Waals surface area contributed by atoms with Gasteiger partial charge in [0.1, 0.15) is 11.6 Å². The number of hydrazone groups is 1. The number of aromatic nitrogens is 1. The maximum atomic E-state index is 12.3. The second-order valence-corrected chi connectivity index (χ2v) is 7.85. The summed E-state index contributed by atoms with van der Waals surface area (Å²) < 4.78 is 16.6. The number of hydrogen-bond acceptors (Lipinski definition) is 8. The highest BCUT2D eigenvalue weighted by atomic mass is 16.5. The van der Waals surface area contributed by atoms with Crippen LogP contribution in [0.15, 0.2) is 53.6 Å². The lowest BCUT2D eigenvalue weighted by molar-refractivity contribution is -0.118. The second-order valence-electron chi connectivity index (χ2n) is 7.85. The van der Waals surface area contributed by atoms with Crippen LogP contribution >= 0.6 is 0 Å². The van der Waals surface area contributed by atoms with Gasteiger partial charge in [-0.05, 0) is 62.2 Å². The molecule has 9 heteroatoms. The summed E-state index contributed by atoms with van der Waals surface area (Å²) in [4.78, 5) is 16.7. The molecule has 1 heterocycles. The normalized spacial score (nSPS) is 10.6. The molecular weight excluding hydrogens is 458 g/mol. The van der Waals surface area contributed by atoms with E-state index in [9.17, 15) is 10.1 Å². The molecule has 0 spiro atoms. The van der Waals surface area contributed by atoms with E-state index < -0.39 is 0 Å². The molecule has 0 aliphatic carbocycles. The predicted octanol–water partition coefficient (Wildman–Crippen LogP) is 4.58. The Morgan fingerprint density at radius 1 is 1.14 bits per heavy atom. The fraction of sp³-hybridized carbons (Fsp3) is 0.259. The van der Waals surface area contributed by atoms with Gasteiger partial charge in [-0.3, -0.25) is 10.2 Å². The molecule has 0 radical (unpaired) electrons. The molecule has 1 aromatic heterocycles. The maximum absolute atomic E-state index is 12.3. The van der Waals surface area contributed by atoms with Gasteiger partial charge in [0, 0.05) is 24.1 Å². The van der Waals surface area contributed by atoms with Crippen molar-refractivity contribution in [2.45, 2.75) is 27.4 Å². The fourth-order valence-electron chi connectivity index (χ4n) is 3.42. The molecule has 0 unspecified atom stereocenters. The van der Waals surface area contributed by atoms with Crippen LogP contribution in [0.2, 0.25) is 0 Å². The lowest BCUT2D eigenvalue weighted by atomic mass is 10.1. The Balaban J connectivity index is 1.69. The average molecular weight is 488 g/mol. The molecule has 0 saturated heterocycles. The summed E-state index contributed by atoms with van der Waals surface area (Å²) in [5.41, 5.74) is 7.13. The minimum absolute atomic E-state index is 0.164. The minimum Gasteiger partial charge on any atom is -0.490 e. The van der Waals surface area contributed by atoms with Crippen molar-refractivity contribution in [2.24, 2.45) is 5.10 Å². The molecular formula is C27H29N5O4. The van der Waals surface area contributed by atoms with E-state index in [2.05, 4.69) is 26.9 Å². The zero-order valence-corrected chi connectivity index (χ0v) is 20.8. The molecule has 0 fully saturated rings. The van der Waals surface area contributed by atoms with Crippen molar-refractivity contribution in [1.29, 1.82) is 5.26 Å². The highest BCUT2D eigenvalue weighted by Gasteiger charge is 2.12.